The Morgan fingerprint density at radius 3 is 2.06 bits per heavy atom. The van der Waals surface area contributed by atoms with Gasteiger partial charge in [0.2, 0.25) is 0 Å². The monoisotopic (exact) mass is 253 g/mol. The second-order valence-corrected chi connectivity index (χ2v) is 7.61. The van der Waals surface area contributed by atoms with Crippen LogP contribution in [-0.4, -0.2) is 34.7 Å². The summed E-state index contributed by atoms with van der Waals surface area (Å²) in [6.07, 6.45) is 3.36. The van der Waals surface area contributed by atoms with Gasteiger partial charge in [0, 0.05) is 24.5 Å². The molecule has 0 unspecified atom stereocenters. The van der Waals surface area contributed by atoms with Gasteiger partial charge < -0.3 is 5.11 Å². The van der Waals surface area contributed by atoms with Gasteiger partial charge in [0.15, 0.2) is 0 Å². The molecule has 18 heavy (non-hydrogen) atoms. The quantitative estimate of drug-likeness (QED) is 0.817. The standard InChI is InChI=1S/C16H31NO/c1-11-6-7-14(15(18)8-11)16(4,5)17-9-12(2)13(3)10-17/h11-15,18H,6-10H2,1-5H3/t11-,12-,13+,14-,15-/m1/s1. The Labute approximate surface area is 113 Å². The summed E-state index contributed by atoms with van der Waals surface area (Å²) in [5, 5.41) is 10.4. The SMILES string of the molecule is C[C@@H]1CC[C@@H](C(C)(C)N2C[C@@H](C)[C@@H](C)C2)[C@H](O)C1. The van der Waals surface area contributed by atoms with E-state index in [0.717, 1.165) is 18.3 Å². The summed E-state index contributed by atoms with van der Waals surface area (Å²) < 4.78 is 0. The first-order valence-electron chi connectivity index (χ1n) is 7.75. The molecule has 2 fully saturated rings. The van der Waals surface area contributed by atoms with Crippen LogP contribution in [0.4, 0.5) is 0 Å². The largest absolute Gasteiger partial charge is 0.393 e. The van der Waals surface area contributed by atoms with Gasteiger partial charge in [0.25, 0.3) is 0 Å². The van der Waals surface area contributed by atoms with E-state index < -0.39 is 0 Å². The van der Waals surface area contributed by atoms with Crippen LogP contribution in [0.2, 0.25) is 0 Å². The highest BCUT2D eigenvalue weighted by molar-refractivity contribution is 4.98. The van der Waals surface area contributed by atoms with Crippen LogP contribution >= 0.6 is 0 Å². The average molecular weight is 253 g/mol. The van der Waals surface area contributed by atoms with Gasteiger partial charge >= 0.3 is 0 Å². The molecule has 0 aromatic carbocycles. The Hall–Kier alpha value is -0.0800. The van der Waals surface area contributed by atoms with Gasteiger partial charge in [-0.25, -0.2) is 0 Å². The summed E-state index contributed by atoms with van der Waals surface area (Å²) >= 11 is 0. The van der Waals surface area contributed by atoms with E-state index in [0.29, 0.717) is 11.8 Å². The van der Waals surface area contributed by atoms with Crippen LogP contribution in [0.5, 0.6) is 0 Å². The second kappa shape index (κ2) is 5.13. The molecule has 0 aromatic rings. The lowest BCUT2D eigenvalue weighted by atomic mass is 9.71. The van der Waals surface area contributed by atoms with Gasteiger partial charge in [-0.3, -0.25) is 4.90 Å². The average Bonchev–Trinajstić information content (AvgIpc) is 2.59. The highest BCUT2D eigenvalue weighted by atomic mass is 16.3. The lowest BCUT2D eigenvalue weighted by Crippen LogP contribution is -2.53. The summed E-state index contributed by atoms with van der Waals surface area (Å²) in [7, 11) is 0. The summed E-state index contributed by atoms with van der Waals surface area (Å²) in [6, 6.07) is 0. The first-order chi connectivity index (χ1) is 8.32. The molecule has 1 heterocycles. The molecule has 2 heteroatoms. The summed E-state index contributed by atoms with van der Waals surface area (Å²) in [5.74, 6) is 2.74. The van der Waals surface area contributed by atoms with E-state index in [1.165, 1.54) is 25.9 Å². The Morgan fingerprint density at radius 2 is 1.56 bits per heavy atom. The Bertz CT molecular complexity index is 279. The predicted molar refractivity (Wildman–Crippen MR) is 76.5 cm³/mol. The summed E-state index contributed by atoms with van der Waals surface area (Å²) in [5.41, 5.74) is 0.151. The van der Waals surface area contributed by atoms with Crippen LogP contribution in [-0.2, 0) is 0 Å². The molecule has 0 spiro atoms. The number of likely N-dealkylation sites (tertiary alicyclic amines) is 1. The zero-order valence-electron chi connectivity index (χ0n) is 12.8. The first-order valence-corrected chi connectivity index (χ1v) is 7.75. The topological polar surface area (TPSA) is 23.5 Å². The molecule has 0 bridgehead atoms. The Balaban J connectivity index is 2.06. The molecule has 1 saturated heterocycles. The molecule has 0 aromatic heterocycles. The molecule has 2 rings (SSSR count). The smallest absolute Gasteiger partial charge is 0.0588 e. The fourth-order valence-electron chi connectivity index (χ4n) is 4.01. The van der Waals surface area contributed by atoms with Gasteiger partial charge in [-0.05, 0) is 44.4 Å². The van der Waals surface area contributed by atoms with Gasteiger partial charge in [-0.2, -0.15) is 0 Å². The fourth-order valence-corrected chi connectivity index (χ4v) is 4.01. The van der Waals surface area contributed by atoms with Crippen molar-refractivity contribution < 1.29 is 5.11 Å². The van der Waals surface area contributed by atoms with E-state index in [1.54, 1.807) is 0 Å². The molecule has 1 saturated carbocycles. The molecule has 5 atom stereocenters. The maximum Gasteiger partial charge on any atom is 0.0588 e. The Kier molecular flexibility index (Phi) is 4.08. The number of aliphatic hydroxyl groups excluding tert-OH is 1. The van der Waals surface area contributed by atoms with Crippen LogP contribution < -0.4 is 0 Å². The third-order valence-corrected chi connectivity index (χ3v) is 5.79. The number of hydrogen-bond donors (Lipinski definition) is 1. The molecule has 1 aliphatic heterocycles. The van der Waals surface area contributed by atoms with Crippen molar-refractivity contribution in [2.45, 2.75) is 65.5 Å². The zero-order valence-corrected chi connectivity index (χ0v) is 12.8. The van der Waals surface area contributed by atoms with Crippen molar-refractivity contribution in [2.24, 2.45) is 23.7 Å². The van der Waals surface area contributed by atoms with E-state index in [-0.39, 0.29) is 11.6 Å². The van der Waals surface area contributed by atoms with Crippen LogP contribution in [0.3, 0.4) is 0 Å². The van der Waals surface area contributed by atoms with E-state index in [1.807, 2.05) is 0 Å². The minimum atomic E-state index is -0.102. The highest BCUT2D eigenvalue weighted by Gasteiger charge is 2.44. The normalized spacial score (nSPS) is 43.3. The van der Waals surface area contributed by atoms with Crippen molar-refractivity contribution >= 4 is 0 Å². The van der Waals surface area contributed by atoms with Gasteiger partial charge in [-0.15, -0.1) is 0 Å². The fraction of sp³-hybridized carbons (Fsp3) is 1.00. The van der Waals surface area contributed by atoms with E-state index in [4.69, 9.17) is 0 Å². The predicted octanol–water partition coefficient (Wildman–Crippen LogP) is 3.15. The minimum Gasteiger partial charge on any atom is -0.393 e. The van der Waals surface area contributed by atoms with Crippen molar-refractivity contribution in [3.8, 4) is 0 Å². The molecule has 1 aliphatic carbocycles. The van der Waals surface area contributed by atoms with Crippen molar-refractivity contribution in [1.82, 2.24) is 4.90 Å². The lowest BCUT2D eigenvalue weighted by Gasteiger charge is -2.47. The molecule has 0 radical (unpaired) electrons. The number of aliphatic hydroxyl groups is 1. The van der Waals surface area contributed by atoms with Gasteiger partial charge in [-0.1, -0.05) is 27.2 Å². The maximum atomic E-state index is 10.4. The van der Waals surface area contributed by atoms with Crippen LogP contribution in [0.25, 0.3) is 0 Å². The molecule has 2 aliphatic rings. The number of nitrogens with zero attached hydrogens (tertiary/aromatic N) is 1. The second-order valence-electron chi connectivity index (χ2n) is 7.61. The third kappa shape index (κ3) is 2.60. The van der Waals surface area contributed by atoms with Crippen LogP contribution in [0.15, 0.2) is 0 Å². The van der Waals surface area contributed by atoms with Crippen molar-refractivity contribution in [1.29, 1.82) is 0 Å². The minimum absolute atomic E-state index is 0.102. The first kappa shape index (κ1) is 14.3. The van der Waals surface area contributed by atoms with Crippen LogP contribution in [0.1, 0.15) is 53.9 Å². The van der Waals surface area contributed by atoms with Gasteiger partial charge in [0.1, 0.15) is 0 Å². The molecule has 0 amide bonds. The Morgan fingerprint density at radius 1 is 1.00 bits per heavy atom. The van der Waals surface area contributed by atoms with E-state index in [2.05, 4.69) is 39.5 Å². The van der Waals surface area contributed by atoms with Crippen molar-refractivity contribution in [2.75, 3.05) is 13.1 Å². The molecule has 1 N–H and O–H groups in total. The third-order valence-electron chi connectivity index (χ3n) is 5.79. The van der Waals surface area contributed by atoms with E-state index in [9.17, 15) is 5.11 Å². The maximum absolute atomic E-state index is 10.4. The van der Waals surface area contributed by atoms with Crippen molar-refractivity contribution in [3.63, 3.8) is 0 Å². The zero-order chi connectivity index (χ0) is 13.5. The van der Waals surface area contributed by atoms with Crippen molar-refractivity contribution in [3.05, 3.63) is 0 Å². The summed E-state index contributed by atoms with van der Waals surface area (Å²) in [6.45, 7) is 14.1. The number of rotatable bonds is 2. The molecular weight excluding hydrogens is 222 g/mol. The van der Waals surface area contributed by atoms with E-state index >= 15 is 0 Å². The number of hydrogen-bond acceptors (Lipinski definition) is 2. The van der Waals surface area contributed by atoms with Crippen LogP contribution in [0, 0.1) is 23.7 Å². The molecule has 106 valence electrons. The highest BCUT2D eigenvalue weighted by Crippen LogP contribution is 2.41. The van der Waals surface area contributed by atoms with Gasteiger partial charge in [0.05, 0.1) is 6.10 Å². The summed E-state index contributed by atoms with van der Waals surface area (Å²) in [4.78, 5) is 2.63. The molecule has 2 nitrogen and oxygen atoms in total. The lowest BCUT2D eigenvalue weighted by molar-refractivity contribution is -0.0383. The molecular formula is C16H31NO.